The Bertz CT molecular complexity index is 955. The maximum atomic E-state index is 12.8. The molecule has 1 heterocycles. The first-order valence-electron chi connectivity index (χ1n) is 9.30. The van der Waals surface area contributed by atoms with Crippen molar-refractivity contribution in [1.82, 2.24) is 5.32 Å². The molecule has 0 bridgehead atoms. The predicted octanol–water partition coefficient (Wildman–Crippen LogP) is 3.33. The maximum Gasteiger partial charge on any atom is 0.251 e. The number of hydrogen-bond donors (Lipinski definition) is 2. The van der Waals surface area contributed by atoms with E-state index < -0.39 is 10.0 Å². The van der Waals surface area contributed by atoms with Gasteiger partial charge in [-0.05, 0) is 49.9 Å². The molecule has 3 rings (SSSR count). The van der Waals surface area contributed by atoms with Crippen molar-refractivity contribution in [3.8, 4) is 0 Å². The van der Waals surface area contributed by atoms with E-state index in [4.69, 9.17) is 4.74 Å². The van der Waals surface area contributed by atoms with Crippen LogP contribution in [0, 0.1) is 13.8 Å². The van der Waals surface area contributed by atoms with E-state index in [2.05, 4.69) is 10.0 Å². The van der Waals surface area contributed by atoms with E-state index in [-0.39, 0.29) is 18.1 Å². The molecule has 2 aromatic carbocycles. The number of aryl methyl sites for hydroxylation is 2. The molecule has 0 aromatic heterocycles. The summed E-state index contributed by atoms with van der Waals surface area (Å²) in [6.07, 6.45) is 2.59. The Morgan fingerprint density at radius 2 is 1.82 bits per heavy atom. The fourth-order valence-electron chi connectivity index (χ4n) is 3.34. The highest BCUT2D eigenvalue weighted by Crippen LogP contribution is 2.29. The molecule has 28 heavy (non-hydrogen) atoms. The van der Waals surface area contributed by atoms with Gasteiger partial charge in [0, 0.05) is 12.2 Å². The number of rotatable bonds is 5. The van der Waals surface area contributed by atoms with Crippen LogP contribution in [0.5, 0.6) is 0 Å². The van der Waals surface area contributed by atoms with Crippen molar-refractivity contribution in [1.29, 1.82) is 0 Å². The first-order valence-corrected chi connectivity index (χ1v) is 11.2. The summed E-state index contributed by atoms with van der Waals surface area (Å²) in [5.41, 5.74) is 3.78. The zero-order chi connectivity index (χ0) is 20.3. The van der Waals surface area contributed by atoms with Crippen molar-refractivity contribution < 1.29 is 17.9 Å². The third-order valence-corrected chi connectivity index (χ3v) is 5.43. The van der Waals surface area contributed by atoms with Crippen molar-refractivity contribution in [2.24, 2.45) is 0 Å². The summed E-state index contributed by atoms with van der Waals surface area (Å²) >= 11 is 0. The fraction of sp³-hybridized carbons (Fsp3) is 0.381. The van der Waals surface area contributed by atoms with Crippen LogP contribution in [0.4, 0.5) is 5.69 Å². The zero-order valence-electron chi connectivity index (χ0n) is 16.4. The molecule has 0 aliphatic carbocycles. The molecule has 1 aliphatic rings. The molecule has 0 spiro atoms. The van der Waals surface area contributed by atoms with Gasteiger partial charge in [0.05, 0.1) is 18.0 Å². The lowest BCUT2D eigenvalue weighted by atomic mass is 9.95. The van der Waals surface area contributed by atoms with E-state index >= 15 is 0 Å². The number of benzene rings is 2. The second kappa shape index (κ2) is 8.32. The minimum atomic E-state index is -3.42. The van der Waals surface area contributed by atoms with Crippen LogP contribution in [0.2, 0.25) is 0 Å². The van der Waals surface area contributed by atoms with Gasteiger partial charge in [0.2, 0.25) is 10.0 Å². The van der Waals surface area contributed by atoms with Gasteiger partial charge >= 0.3 is 0 Å². The highest BCUT2D eigenvalue weighted by Gasteiger charge is 2.29. The Hall–Kier alpha value is -2.38. The third-order valence-electron chi connectivity index (χ3n) is 4.84. The summed E-state index contributed by atoms with van der Waals surface area (Å²) < 4.78 is 31.5. The van der Waals surface area contributed by atoms with Gasteiger partial charge < -0.3 is 10.1 Å². The highest BCUT2D eigenvalue weighted by atomic mass is 32.2. The second-order valence-electron chi connectivity index (χ2n) is 7.33. The first kappa shape index (κ1) is 20.4. The molecule has 1 aliphatic heterocycles. The van der Waals surface area contributed by atoms with Crippen molar-refractivity contribution in [2.75, 3.05) is 17.6 Å². The second-order valence-corrected chi connectivity index (χ2v) is 9.08. The number of amides is 1. The Kier molecular flexibility index (Phi) is 6.05. The van der Waals surface area contributed by atoms with Crippen LogP contribution in [0.3, 0.4) is 0 Å². The molecule has 1 saturated heterocycles. The molecular weight excluding hydrogens is 376 g/mol. The standard InChI is InChI=1S/C21H26N2O4S/c1-14-6-9-16(10-7-14)20-18(5-4-12-27-20)22-21(24)17-11-8-15(2)19(13-17)23-28(3,25)26/h6-11,13,18,20,23H,4-5,12H2,1-3H3,(H,22,24)/t18-,20+/m1/s1. The summed E-state index contributed by atoms with van der Waals surface area (Å²) in [5, 5.41) is 3.07. The zero-order valence-corrected chi connectivity index (χ0v) is 17.2. The number of anilines is 1. The van der Waals surface area contributed by atoms with Gasteiger partial charge in [-0.25, -0.2) is 8.42 Å². The van der Waals surface area contributed by atoms with Gasteiger partial charge in [-0.2, -0.15) is 0 Å². The molecule has 1 amide bonds. The van der Waals surface area contributed by atoms with E-state index in [1.165, 1.54) is 5.56 Å². The monoisotopic (exact) mass is 402 g/mol. The van der Waals surface area contributed by atoms with Crippen LogP contribution in [0.15, 0.2) is 42.5 Å². The molecule has 1 fully saturated rings. The molecular formula is C21H26N2O4S. The van der Waals surface area contributed by atoms with Gasteiger partial charge in [-0.3, -0.25) is 9.52 Å². The lowest BCUT2D eigenvalue weighted by Crippen LogP contribution is -2.42. The van der Waals surface area contributed by atoms with Crippen LogP contribution < -0.4 is 10.0 Å². The quantitative estimate of drug-likeness (QED) is 0.803. The smallest absolute Gasteiger partial charge is 0.251 e. The molecule has 150 valence electrons. The lowest BCUT2D eigenvalue weighted by molar-refractivity contribution is -0.00946. The normalized spacial score (nSPS) is 19.8. The molecule has 7 heteroatoms. The number of nitrogens with one attached hydrogen (secondary N) is 2. The predicted molar refractivity (Wildman–Crippen MR) is 110 cm³/mol. The molecule has 0 unspecified atom stereocenters. The van der Waals surface area contributed by atoms with Crippen molar-refractivity contribution in [3.05, 3.63) is 64.7 Å². The highest BCUT2D eigenvalue weighted by molar-refractivity contribution is 7.92. The molecule has 0 radical (unpaired) electrons. The average molecular weight is 403 g/mol. The SMILES string of the molecule is Cc1ccc([C@@H]2OCCC[C@H]2NC(=O)c2ccc(C)c(NS(C)(=O)=O)c2)cc1. The number of carbonyl (C=O) groups excluding carboxylic acids is 1. The first-order chi connectivity index (χ1) is 13.2. The van der Waals surface area contributed by atoms with E-state index in [9.17, 15) is 13.2 Å². The van der Waals surface area contributed by atoms with Crippen molar-refractivity contribution >= 4 is 21.6 Å². The van der Waals surface area contributed by atoms with E-state index in [0.29, 0.717) is 17.9 Å². The Morgan fingerprint density at radius 3 is 2.50 bits per heavy atom. The van der Waals surface area contributed by atoms with Gasteiger partial charge in [-0.1, -0.05) is 35.9 Å². The van der Waals surface area contributed by atoms with Crippen LogP contribution in [0.25, 0.3) is 0 Å². The number of sulfonamides is 1. The molecule has 2 atom stereocenters. The minimum absolute atomic E-state index is 0.142. The molecule has 2 N–H and O–H groups in total. The maximum absolute atomic E-state index is 12.8. The lowest BCUT2D eigenvalue weighted by Gasteiger charge is -2.32. The van der Waals surface area contributed by atoms with E-state index in [1.807, 2.05) is 31.2 Å². The number of ether oxygens (including phenoxy) is 1. The number of hydrogen-bond acceptors (Lipinski definition) is 4. The topological polar surface area (TPSA) is 84.5 Å². The summed E-state index contributed by atoms with van der Waals surface area (Å²) in [5.74, 6) is -0.246. The minimum Gasteiger partial charge on any atom is -0.371 e. The van der Waals surface area contributed by atoms with E-state index in [1.54, 1.807) is 25.1 Å². The van der Waals surface area contributed by atoms with Crippen LogP contribution in [0.1, 0.15) is 46.0 Å². The summed E-state index contributed by atoms with van der Waals surface area (Å²) in [4.78, 5) is 12.8. The molecule has 2 aromatic rings. The van der Waals surface area contributed by atoms with Gasteiger partial charge in [0.15, 0.2) is 0 Å². The largest absolute Gasteiger partial charge is 0.371 e. The Morgan fingerprint density at radius 1 is 1.11 bits per heavy atom. The van der Waals surface area contributed by atoms with Crippen LogP contribution >= 0.6 is 0 Å². The third kappa shape index (κ3) is 5.11. The van der Waals surface area contributed by atoms with Gasteiger partial charge in [0.1, 0.15) is 6.10 Å². The molecule has 6 nitrogen and oxygen atoms in total. The van der Waals surface area contributed by atoms with E-state index in [0.717, 1.165) is 30.2 Å². The summed E-state index contributed by atoms with van der Waals surface area (Å²) in [6, 6.07) is 13.0. The van der Waals surface area contributed by atoms with Crippen LogP contribution in [-0.2, 0) is 14.8 Å². The fourth-order valence-corrected chi connectivity index (χ4v) is 3.96. The van der Waals surface area contributed by atoms with Gasteiger partial charge in [0.25, 0.3) is 5.91 Å². The van der Waals surface area contributed by atoms with Crippen LogP contribution in [-0.4, -0.2) is 33.2 Å². The average Bonchev–Trinajstić information content (AvgIpc) is 2.63. The Balaban J connectivity index is 1.79. The van der Waals surface area contributed by atoms with Crippen molar-refractivity contribution in [2.45, 2.75) is 38.8 Å². The Labute approximate surface area is 166 Å². The van der Waals surface area contributed by atoms with Gasteiger partial charge in [-0.15, -0.1) is 0 Å². The summed E-state index contributed by atoms with van der Waals surface area (Å²) in [7, 11) is -3.42. The summed E-state index contributed by atoms with van der Waals surface area (Å²) in [6.45, 7) is 4.49. The molecule has 0 saturated carbocycles. The number of carbonyl (C=O) groups is 1. The van der Waals surface area contributed by atoms with Crippen molar-refractivity contribution in [3.63, 3.8) is 0 Å².